The Kier molecular flexibility index (Phi) is 3.20. The average Bonchev–Trinajstić information content (AvgIpc) is 3.26. The molecule has 8 nitrogen and oxygen atoms in total. The summed E-state index contributed by atoms with van der Waals surface area (Å²) >= 11 is 0. The average molecular weight is 331 g/mol. The van der Waals surface area contributed by atoms with E-state index in [1.54, 1.807) is 4.68 Å². The van der Waals surface area contributed by atoms with Crippen LogP contribution in [0, 0.1) is 5.92 Å². The van der Waals surface area contributed by atoms with Gasteiger partial charge in [0.25, 0.3) is 5.91 Å². The molecule has 4 rings (SSSR count). The van der Waals surface area contributed by atoms with Gasteiger partial charge in [-0.3, -0.25) is 9.59 Å². The van der Waals surface area contributed by atoms with E-state index in [1.165, 1.54) is 6.33 Å². The first-order valence-electron chi connectivity index (χ1n) is 8.31. The predicted octanol–water partition coefficient (Wildman–Crippen LogP) is 1.03. The van der Waals surface area contributed by atoms with Gasteiger partial charge in [-0.05, 0) is 33.1 Å². The maximum atomic E-state index is 13.3. The maximum absolute atomic E-state index is 13.3. The number of rotatable bonds is 2. The Balaban J connectivity index is 1.70. The number of hydrogen-bond acceptors (Lipinski definition) is 5. The number of carboxylic acid groups (broad SMARTS) is 1. The Hall–Kier alpha value is -2.38. The van der Waals surface area contributed by atoms with Crippen molar-refractivity contribution in [3.63, 3.8) is 0 Å². The van der Waals surface area contributed by atoms with Gasteiger partial charge < -0.3 is 14.9 Å². The summed E-state index contributed by atoms with van der Waals surface area (Å²) in [5.41, 5.74) is 1.53. The topological polar surface area (TPSA) is 91.6 Å². The minimum Gasteiger partial charge on any atom is -0.481 e. The minimum atomic E-state index is -0.793. The van der Waals surface area contributed by atoms with E-state index >= 15 is 0 Å². The van der Waals surface area contributed by atoms with Crippen molar-refractivity contribution in [1.82, 2.24) is 19.7 Å². The molecule has 2 fully saturated rings. The molecule has 0 aromatic carbocycles. The van der Waals surface area contributed by atoms with E-state index in [0.717, 1.165) is 18.5 Å². The Morgan fingerprint density at radius 2 is 2.08 bits per heavy atom. The fourth-order valence-electron chi connectivity index (χ4n) is 4.56. The van der Waals surface area contributed by atoms with E-state index < -0.39 is 11.9 Å². The molecule has 8 heteroatoms. The molecule has 1 N–H and O–H groups in total. The molecule has 1 aromatic heterocycles. The summed E-state index contributed by atoms with van der Waals surface area (Å²) in [7, 11) is 1.87. The molecule has 3 aliphatic rings. The number of nitrogens with zero attached hydrogens (tertiary/aromatic N) is 5. The number of carbonyl (C=O) groups excluding carboxylic acids is 1. The summed E-state index contributed by atoms with van der Waals surface area (Å²) in [6.07, 6.45) is 3.73. The van der Waals surface area contributed by atoms with Crippen LogP contribution in [0.5, 0.6) is 0 Å². The van der Waals surface area contributed by atoms with Crippen molar-refractivity contribution < 1.29 is 14.7 Å². The number of carbonyl (C=O) groups is 2. The molecule has 4 atom stereocenters. The molecule has 2 saturated heterocycles. The molecule has 1 aromatic rings. The number of anilines is 1. The fourth-order valence-corrected chi connectivity index (χ4v) is 4.56. The highest BCUT2D eigenvalue weighted by Crippen LogP contribution is 2.44. The predicted molar refractivity (Wildman–Crippen MR) is 85.2 cm³/mol. The third-order valence-electron chi connectivity index (χ3n) is 5.85. The van der Waals surface area contributed by atoms with Gasteiger partial charge in [-0.25, -0.2) is 4.68 Å². The van der Waals surface area contributed by atoms with Crippen LogP contribution in [0.4, 0.5) is 5.95 Å². The molecule has 128 valence electrons. The van der Waals surface area contributed by atoms with Crippen LogP contribution in [0.3, 0.4) is 0 Å². The molecular formula is C16H21N5O3. The lowest BCUT2D eigenvalue weighted by Gasteiger charge is -2.34. The summed E-state index contributed by atoms with van der Waals surface area (Å²) < 4.78 is 1.74. The van der Waals surface area contributed by atoms with E-state index in [1.807, 2.05) is 30.7 Å². The lowest BCUT2D eigenvalue weighted by molar-refractivity contribution is -0.143. The fraction of sp³-hybridized carbons (Fsp3) is 0.625. The van der Waals surface area contributed by atoms with Gasteiger partial charge in [-0.15, -0.1) is 0 Å². The lowest BCUT2D eigenvalue weighted by atomic mass is 9.89. The number of aromatic nitrogens is 3. The molecule has 4 heterocycles. The second-order valence-corrected chi connectivity index (χ2v) is 6.93. The number of allylic oxidation sites excluding steroid dienone is 1. The Morgan fingerprint density at radius 1 is 1.33 bits per heavy atom. The zero-order valence-corrected chi connectivity index (χ0v) is 14.0. The van der Waals surface area contributed by atoms with Gasteiger partial charge in [0.2, 0.25) is 5.95 Å². The third kappa shape index (κ3) is 1.85. The molecule has 0 saturated carbocycles. The Bertz CT molecular complexity index is 755. The first-order valence-corrected chi connectivity index (χ1v) is 8.31. The summed E-state index contributed by atoms with van der Waals surface area (Å²) in [5, 5.41) is 13.7. The minimum absolute atomic E-state index is 0.0403. The monoisotopic (exact) mass is 331 g/mol. The molecule has 1 unspecified atom stereocenters. The quantitative estimate of drug-likeness (QED) is 0.870. The first-order chi connectivity index (χ1) is 11.4. The SMILES string of the molecule is CC1=C(C(=O)N2[C@@H]3CC[C@H]2[C@H](C(=O)O)C3)C(C)n2ncnc2N1C. The van der Waals surface area contributed by atoms with Crippen molar-refractivity contribution in [1.29, 1.82) is 0 Å². The molecule has 1 amide bonds. The molecule has 24 heavy (non-hydrogen) atoms. The summed E-state index contributed by atoms with van der Waals surface area (Å²) in [6.45, 7) is 3.85. The summed E-state index contributed by atoms with van der Waals surface area (Å²) in [5.74, 6) is -0.571. The molecule has 0 spiro atoms. The van der Waals surface area contributed by atoms with Crippen LogP contribution in [0.25, 0.3) is 0 Å². The second kappa shape index (κ2) is 5.06. The second-order valence-electron chi connectivity index (χ2n) is 6.93. The van der Waals surface area contributed by atoms with Gasteiger partial charge in [0, 0.05) is 24.8 Å². The number of hydrogen-bond donors (Lipinski definition) is 1. The van der Waals surface area contributed by atoms with Crippen molar-refractivity contribution in [2.24, 2.45) is 5.92 Å². The van der Waals surface area contributed by atoms with Gasteiger partial charge in [0.05, 0.1) is 17.5 Å². The van der Waals surface area contributed by atoms with Crippen LogP contribution in [0.15, 0.2) is 17.6 Å². The van der Waals surface area contributed by atoms with Crippen LogP contribution < -0.4 is 4.90 Å². The number of fused-ring (bicyclic) bond motifs is 3. The van der Waals surface area contributed by atoms with Gasteiger partial charge >= 0.3 is 5.97 Å². The van der Waals surface area contributed by atoms with Crippen LogP contribution >= 0.6 is 0 Å². The number of amides is 1. The zero-order chi connectivity index (χ0) is 17.2. The number of aliphatic carboxylic acids is 1. The third-order valence-corrected chi connectivity index (χ3v) is 5.85. The van der Waals surface area contributed by atoms with Gasteiger partial charge in [0.1, 0.15) is 6.33 Å². The highest BCUT2D eigenvalue weighted by atomic mass is 16.4. The number of carboxylic acids is 1. The van der Waals surface area contributed by atoms with Crippen molar-refractivity contribution in [2.45, 2.75) is 51.2 Å². The van der Waals surface area contributed by atoms with E-state index in [0.29, 0.717) is 17.9 Å². The highest BCUT2D eigenvalue weighted by Gasteiger charge is 2.52. The van der Waals surface area contributed by atoms with Crippen LogP contribution in [0.1, 0.15) is 39.2 Å². The molecular weight excluding hydrogens is 310 g/mol. The molecule has 3 aliphatic heterocycles. The first kappa shape index (κ1) is 15.2. The Labute approximate surface area is 139 Å². The zero-order valence-electron chi connectivity index (χ0n) is 14.0. The van der Waals surface area contributed by atoms with E-state index in [9.17, 15) is 14.7 Å². The lowest BCUT2D eigenvalue weighted by Crippen LogP contribution is -2.43. The molecule has 0 aliphatic carbocycles. The normalized spacial score (nSPS) is 31.6. The smallest absolute Gasteiger partial charge is 0.308 e. The van der Waals surface area contributed by atoms with Gasteiger partial charge in [0.15, 0.2) is 0 Å². The van der Waals surface area contributed by atoms with Crippen LogP contribution in [-0.4, -0.2) is 55.8 Å². The van der Waals surface area contributed by atoms with E-state index in [4.69, 9.17) is 0 Å². The summed E-state index contributed by atoms with van der Waals surface area (Å²) in [6, 6.07) is -0.358. The highest BCUT2D eigenvalue weighted by molar-refractivity contribution is 5.97. The van der Waals surface area contributed by atoms with E-state index in [2.05, 4.69) is 10.1 Å². The maximum Gasteiger partial charge on any atom is 0.308 e. The Morgan fingerprint density at radius 3 is 2.75 bits per heavy atom. The van der Waals surface area contributed by atoms with Gasteiger partial charge in [-0.2, -0.15) is 10.1 Å². The largest absolute Gasteiger partial charge is 0.481 e. The van der Waals surface area contributed by atoms with E-state index in [-0.39, 0.29) is 24.0 Å². The summed E-state index contributed by atoms with van der Waals surface area (Å²) in [4.78, 5) is 32.7. The van der Waals surface area contributed by atoms with Crippen LogP contribution in [0.2, 0.25) is 0 Å². The van der Waals surface area contributed by atoms with Crippen LogP contribution in [-0.2, 0) is 9.59 Å². The van der Waals surface area contributed by atoms with Crippen molar-refractivity contribution >= 4 is 17.8 Å². The van der Waals surface area contributed by atoms with Crippen molar-refractivity contribution in [3.05, 3.63) is 17.6 Å². The molecule has 0 radical (unpaired) electrons. The van der Waals surface area contributed by atoms with Crippen molar-refractivity contribution in [2.75, 3.05) is 11.9 Å². The van der Waals surface area contributed by atoms with Gasteiger partial charge in [-0.1, -0.05) is 0 Å². The standard InChI is InChI=1S/C16H21N5O3/c1-8-13(9(2)21-16(19(8)3)17-7-18-21)14(22)20-10-4-5-12(20)11(6-10)15(23)24/h7,9-12H,4-6H2,1-3H3,(H,23,24)/t9?,10-,11-,12+/m1/s1. The van der Waals surface area contributed by atoms with Crippen molar-refractivity contribution in [3.8, 4) is 0 Å². The molecule has 2 bridgehead atoms.